The first-order valence-electron chi connectivity index (χ1n) is 7.28. The van der Waals surface area contributed by atoms with E-state index in [0.29, 0.717) is 0 Å². The van der Waals surface area contributed by atoms with Crippen LogP contribution in [0.5, 0.6) is 0 Å². The maximum absolute atomic E-state index is 2.27. The lowest BCUT2D eigenvalue weighted by molar-refractivity contribution is 1.74. The summed E-state index contributed by atoms with van der Waals surface area (Å²) in [6.45, 7) is 0. The Balaban J connectivity index is 2.20. The molecule has 0 fully saturated rings. The largest absolute Gasteiger partial charge is 0.0895 e. The van der Waals surface area contributed by atoms with Crippen LogP contribution in [0.3, 0.4) is 0 Å². The fraction of sp³-hybridized carbons (Fsp3) is 0. The summed E-state index contributed by atoms with van der Waals surface area (Å²) in [4.78, 5) is 0. The highest BCUT2D eigenvalue weighted by Crippen LogP contribution is 2.40. The smallest absolute Gasteiger partial charge is 0.0571 e. The Kier molecular flexibility index (Phi) is 2.76. The Bertz CT molecular complexity index is 1110. The minimum absolute atomic E-state index is 1.32. The third-order valence-corrected chi connectivity index (χ3v) is 6.40. The SMILES string of the molecule is C1=CSC(=c2c3ccccc3c3cccc4cccc2c43)S1. The predicted molar refractivity (Wildman–Crippen MR) is 102 cm³/mol. The van der Waals surface area contributed by atoms with Gasteiger partial charge in [-0.2, -0.15) is 0 Å². The number of hydrogen-bond acceptors (Lipinski definition) is 2. The summed E-state index contributed by atoms with van der Waals surface area (Å²) in [5.74, 6) is 0. The summed E-state index contributed by atoms with van der Waals surface area (Å²) in [5.41, 5.74) is 0. The minimum Gasteiger partial charge on any atom is -0.0895 e. The summed E-state index contributed by atoms with van der Waals surface area (Å²) < 4.78 is 1.38. The van der Waals surface area contributed by atoms with Crippen LogP contribution < -0.4 is 5.22 Å². The van der Waals surface area contributed by atoms with E-state index in [2.05, 4.69) is 71.5 Å². The standard InChI is InChI=1S/C20H12S2/c1-2-8-16-14(7-1)15-9-3-5-13-6-4-10-17(18(13)15)19(16)20-21-11-12-22-20/h1-12H. The molecule has 1 aliphatic heterocycles. The fourth-order valence-corrected chi connectivity index (χ4v) is 5.32. The van der Waals surface area contributed by atoms with Crippen LogP contribution in [-0.4, -0.2) is 0 Å². The average molecular weight is 316 g/mol. The zero-order valence-corrected chi connectivity index (χ0v) is 13.4. The molecule has 0 nitrogen and oxygen atoms in total. The van der Waals surface area contributed by atoms with E-state index >= 15 is 0 Å². The molecule has 0 amide bonds. The van der Waals surface area contributed by atoms with Crippen molar-refractivity contribution in [1.29, 1.82) is 0 Å². The van der Waals surface area contributed by atoms with Gasteiger partial charge in [0.05, 0.1) is 4.24 Å². The van der Waals surface area contributed by atoms with Crippen molar-refractivity contribution in [3.8, 4) is 0 Å². The number of fused-ring (bicyclic) bond motifs is 2. The van der Waals surface area contributed by atoms with E-state index in [4.69, 9.17) is 0 Å². The number of thioether (sulfide) groups is 2. The van der Waals surface area contributed by atoms with Crippen LogP contribution in [0.15, 0.2) is 71.5 Å². The van der Waals surface area contributed by atoms with Gasteiger partial charge in [-0.3, -0.25) is 0 Å². The molecule has 1 aliphatic rings. The third-order valence-electron chi connectivity index (χ3n) is 4.27. The molecule has 104 valence electrons. The van der Waals surface area contributed by atoms with Gasteiger partial charge in [0.25, 0.3) is 0 Å². The molecule has 0 unspecified atom stereocenters. The molecule has 0 bridgehead atoms. The molecule has 22 heavy (non-hydrogen) atoms. The van der Waals surface area contributed by atoms with E-state index in [-0.39, 0.29) is 0 Å². The van der Waals surface area contributed by atoms with Gasteiger partial charge in [0, 0.05) is 5.22 Å². The molecule has 2 heteroatoms. The second-order valence-electron chi connectivity index (χ2n) is 5.43. The first-order valence-corrected chi connectivity index (χ1v) is 9.04. The number of benzene rings is 4. The van der Waals surface area contributed by atoms with Gasteiger partial charge in [-0.1, -0.05) is 84.2 Å². The van der Waals surface area contributed by atoms with E-state index in [0.717, 1.165) is 0 Å². The maximum Gasteiger partial charge on any atom is 0.0571 e. The molecule has 0 spiro atoms. The van der Waals surface area contributed by atoms with Crippen LogP contribution >= 0.6 is 23.5 Å². The second kappa shape index (κ2) is 4.80. The van der Waals surface area contributed by atoms with E-state index in [1.165, 1.54) is 41.8 Å². The van der Waals surface area contributed by atoms with E-state index in [1.54, 1.807) is 0 Å². The molecule has 5 rings (SSSR count). The zero-order valence-electron chi connectivity index (χ0n) is 11.7. The maximum atomic E-state index is 2.27. The van der Waals surface area contributed by atoms with Gasteiger partial charge in [-0.15, -0.1) is 0 Å². The molecule has 4 aromatic carbocycles. The van der Waals surface area contributed by atoms with Crippen molar-refractivity contribution in [2.75, 3.05) is 0 Å². The van der Waals surface area contributed by atoms with Crippen molar-refractivity contribution >= 4 is 60.1 Å². The molecule has 0 saturated carbocycles. The van der Waals surface area contributed by atoms with Crippen LogP contribution in [0.25, 0.3) is 36.6 Å². The summed E-state index contributed by atoms with van der Waals surface area (Å²) in [6.07, 6.45) is 0. The molecule has 0 aromatic heterocycles. The summed E-state index contributed by atoms with van der Waals surface area (Å²) in [7, 11) is 0. The summed E-state index contributed by atoms with van der Waals surface area (Å²) >= 11 is 3.67. The van der Waals surface area contributed by atoms with Gasteiger partial charge in [-0.05, 0) is 43.1 Å². The lowest BCUT2D eigenvalue weighted by Gasteiger charge is -2.12. The molecule has 0 radical (unpaired) electrons. The molecule has 0 aliphatic carbocycles. The molecule has 4 aromatic rings. The quantitative estimate of drug-likeness (QED) is 0.293. The van der Waals surface area contributed by atoms with Crippen molar-refractivity contribution in [1.82, 2.24) is 0 Å². The van der Waals surface area contributed by atoms with Crippen LogP contribution in [-0.2, 0) is 0 Å². The highest BCUT2D eigenvalue weighted by atomic mass is 32.2. The van der Waals surface area contributed by atoms with Gasteiger partial charge >= 0.3 is 0 Å². The topological polar surface area (TPSA) is 0 Å². The normalized spacial score (nSPS) is 14.6. The lowest BCUT2D eigenvalue weighted by atomic mass is 9.94. The molecular weight excluding hydrogens is 304 g/mol. The van der Waals surface area contributed by atoms with Crippen LogP contribution in [0.2, 0.25) is 0 Å². The highest BCUT2D eigenvalue weighted by molar-refractivity contribution is 8.34. The summed E-state index contributed by atoms with van der Waals surface area (Å²) in [6, 6.07) is 22.1. The molecule has 0 saturated heterocycles. The van der Waals surface area contributed by atoms with Crippen molar-refractivity contribution in [2.45, 2.75) is 0 Å². The molecule has 1 heterocycles. The lowest BCUT2D eigenvalue weighted by Crippen LogP contribution is -2.07. The van der Waals surface area contributed by atoms with Crippen molar-refractivity contribution in [3.05, 3.63) is 76.7 Å². The number of rotatable bonds is 0. The average Bonchev–Trinajstić information content (AvgIpc) is 3.10. The Morgan fingerprint density at radius 1 is 0.545 bits per heavy atom. The van der Waals surface area contributed by atoms with Gasteiger partial charge < -0.3 is 0 Å². The first kappa shape index (κ1) is 12.6. The first-order chi connectivity index (χ1) is 10.9. The van der Waals surface area contributed by atoms with Crippen molar-refractivity contribution in [3.63, 3.8) is 0 Å². The third kappa shape index (κ3) is 1.68. The van der Waals surface area contributed by atoms with Crippen molar-refractivity contribution in [2.24, 2.45) is 0 Å². The monoisotopic (exact) mass is 316 g/mol. The van der Waals surface area contributed by atoms with Crippen LogP contribution in [0.4, 0.5) is 0 Å². The van der Waals surface area contributed by atoms with Gasteiger partial charge in [0.1, 0.15) is 0 Å². The Morgan fingerprint density at radius 2 is 1.18 bits per heavy atom. The molecule has 0 atom stereocenters. The van der Waals surface area contributed by atoms with E-state index in [9.17, 15) is 0 Å². The Morgan fingerprint density at radius 3 is 1.95 bits per heavy atom. The van der Waals surface area contributed by atoms with Crippen LogP contribution in [0, 0.1) is 0 Å². The Hall–Kier alpha value is -1.90. The highest BCUT2D eigenvalue weighted by Gasteiger charge is 2.13. The van der Waals surface area contributed by atoms with Gasteiger partial charge in [-0.25, -0.2) is 0 Å². The van der Waals surface area contributed by atoms with Gasteiger partial charge in [0.2, 0.25) is 0 Å². The minimum atomic E-state index is 1.32. The van der Waals surface area contributed by atoms with E-state index < -0.39 is 0 Å². The Labute approximate surface area is 136 Å². The van der Waals surface area contributed by atoms with Crippen molar-refractivity contribution < 1.29 is 0 Å². The van der Waals surface area contributed by atoms with E-state index in [1.807, 2.05) is 23.5 Å². The van der Waals surface area contributed by atoms with Crippen LogP contribution in [0.1, 0.15) is 0 Å². The second-order valence-corrected chi connectivity index (χ2v) is 7.52. The zero-order chi connectivity index (χ0) is 14.5. The fourth-order valence-electron chi connectivity index (χ4n) is 3.40. The summed E-state index contributed by atoms with van der Waals surface area (Å²) in [5, 5.41) is 13.9. The van der Waals surface area contributed by atoms with Gasteiger partial charge in [0.15, 0.2) is 0 Å². The molecule has 0 N–H and O–H groups in total. The molecular formula is C20H12S2. The predicted octanol–water partition coefficient (Wildman–Crippen LogP) is 5.88. The number of hydrogen-bond donors (Lipinski definition) is 0.